The second-order valence-electron chi connectivity index (χ2n) is 5.75. The molecule has 4 heterocycles. The Kier molecular flexibility index (Phi) is 3.38. The maximum Gasteiger partial charge on any atom is 0.263 e. The third-order valence-electron chi connectivity index (χ3n) is 4.34. The van der Waals surface area contributed by atoms with E-state index in [1.165, 1.54) is 42.4 Å². The zero-order valence-electron chi connectivity index (χ0n) is 11.8. The summed E-state index contributed by atoms with van der Waals surface area (Å²) in [7, 11) is 0. The van der Waals surface area contributed by atoms with Gasteiger partial charge in [-0.3, -0.25) is 9.78 Å². The van der Waals surface area contributed by atoms with Crippen LogP contribution in [0.4, 0.5) is 4.39 Å². The molecule has 2 aliphatic heterocycles. The summed E-state index contributed by atoms with van der Waals surface area (Å²) in [4.78, 5) is 20.9. The first-order chi connectivity index (χ1) is 10.7. The van der Waals surface area contributed by atoms with Crippen molar-refractivity contribution >= 4 is 17.2 Å². The van der Waals surface area contributed by atoms with Gasteiger partial charge in [-0.25, -0.2) is 9.37 Å². The average Bonchev–Trinajstić information content (AvgIpc) is 3.24. The van der Waals surface area contributed by atoms with Gasteiger partial charge in [0.15, 0.2) is 0 Å². The van der Waals surface area contributed by atoms with Gasteiger partial charge in [0.1, 0.15) is 15.7 Å². The van der Waals surface area contributed by atoms with E-state index in [1.54, 1.807) is 0 Å². The number of aromatic nitrogens is 2. The van der Waals surface area contributed by atoms with Crippen molar-refractivity contribution in [2.45, 2.75) is 37.4 Å². The molecule has 0 saturated carbocycles. The van der Waals surface area contributed by atoms with Crippen LogP contribution in [0, 0.1) is 5.82 Å². The van der Waals surface area contributed by atoms with E-state index >= 15 is 0 Å². The molecule has 5 nitrogen and oxygen atoms in total. The summed E-state index contributed by atoms with van der Waals surface area (Å²) < 4.78 is 13.7. The van der Waals surface area contributed by atoms with Gasteiger partial charge < -0.3 is 10.6 Å². The molecule has 0 radical (unpaired) electrons. The summed E-state index contributed by atoms with van der Waals surface area (Å²) in [6, 6.07) is 2.40. The number of carbonyl (C=O) groups excluding carboxylic acids is 1. The fourth-order valence-electron chi connectivity index (χ4n) is 3.26. The molecule has 2 aromatic heterocycles. The number of nitrogens with one attached hydrogen (secondary N) is 2. The predicted molar refractivity (Wildman–Crippen MR) is 81.1 cm³/mol. The van der Waals surface area contributed by atoms with Gasteiger partial charge in [-0.15, -0.1) is 11.3 Å². The van der Waals surface area contributed by atoms with Crippen molar-refractivity contribution in [3.63, 3.8) is 0 Å². The van der Waals surface area contributed by atoms with Gasteiger partial charge in [-0.05, 0) is 25.3 Å². The number of fused-ring (bicyclic) bond motifs is 2. The number of rotatable bonds is 3. The molecule has 2 bridgehead atoms. The summed E-state index contributed by atoms with van der Waals surface area (Å²) in [6.45, 7) is 0. The van der Waals surface area contributed by atoms with E-state index in [4.69, 9.17) is 0 Å². The van der Waals surface area contributed by atoms with Crippen LogP contribution in [0.15, 0.2) is 24.7 Å². The van der Waals surface area contributed by atoms with Crippen LogP contribution in [0.25, 0.3) is 10.6 Å². The average molecular weight is 318 g/mol. The minimum Gasteiger partial charge on any atom is -0.347 e. The maximum absolute atomic E-state index is 13.7. The van der Waals surface area contributed by atoms with Crippen LogP contribution in [0.2, 0.25) is 0 Å². The summed E-state index contributed by atoms with van der Waals surface area (Å²) in [5.74, 6) is -0.513. The molecule has 7 heteroatoms. The molecule has 0 spiro atoms. The molecule has 22 heavy (non-hydrogen) atoms. The second kappa shape index (κ2) is 5.40. The lowest BCUT2D eigenvalue weighted by Crippen LogP contribution is -2.42. The Balaban J connectivity index is 1.49. The summed E-state index contributed by atoms with van der Waals surface area (Å²) in [5.41, 5.74) is 0.327. The minimum absolute atomic E-state index is 0.132. The highest BCUT2D eigenvalue weighted by Crippen LogP contribution is 2.30. The van der Waals surface area contributed by atoms with Crippen LogP contribution in [0.5, 0.6) is 0 Å². The van der Waals surface area contributed by atoms with Crippen LogP contribution in [-0.4, -0.2) is 34.0 Å². The van der Waals surface area contributed by atoms with Crippen LogP contribution in [-0.2, 0) is 0 Å². The van der Waals surface area contributed by atoms with Gasteiger partial charge in [-0.2, -0.15) is 0 Å². The molecule has 0 aromatic carbocycles. The van der Waals surface area contributed by atoms with E-state index in [1.807, 2.05) is 0 Å². The molecule has 114 valence electrons. The van der Waals surface area contributed by atoms with E-state index in [2.05, 4.69) is 20.6 Å². The van der Waals surface area contributed by atoms with E-state index < -0.39 is 0 Å². The third-order valence-corrected chi connectivity index (χ3v) is 5.37. The molecule has 4 rings (SSSR count). The Hall–Kier alpha value is -1.86. The van der Waals surface area contributed by atoms with E-state index in [0.717, 1.165) is 12.8 Å². The van der Waals surface area contributed by atoms with Gasteiger partial charge in [0.25, 0.3) is 5.91 Å². The van der Waals surface area contributed by atoms with E-state index in [-0.39, 0.29) is 17.8 Å². The highest BCUT2D eigenvalue weighted by molar-refractivity contribution is 7.16. The first-order valence-electron chi connectivity index (χ1n) is 7.33. The molecular weight excluding hydrogens is 303 g/mol. The fraction of sp³-hybridized carbons (Fsp3) is 0.400. The highest BCUT2D eigenvalue weighted by atomic mass is 32.1. The standard InChI is InChI=1S/C15H15FN4OS/c16-10-3-4-17-6-9(10)15-18-7-13(22-15)14(21)20-12-5-8-1-2-11(12)19-8/h3-4,6-8,11-12,19H,1-2,5H2,(H,20,21). The Bertz CT molecular complexity index is 719. The van der Waals surface area contributed by atoms with Crippen molar-refractivity contribution in [2.24, 2.45) is 0 Å². The Morgan fingerprint density at radius 2 is 2.32 bits per heavy atom. The van der Waals surface area contributed by atoms with Gasteiger partial charge >= 0.3 is 0 Å². The third kappa shape index (κ3) is 2.40. The first-order valence-corrected chi connectivity index (χ1v) is 8.15. The van der Waals surface area contributed by atoms with Gasteiger partial charge in [0.2, 0.25) is 0 Å². The molecular formula is C15H15FN4OS. The monoisotopic (exact) mass is 318 g/mol. The topological polar surface area (TPSA) is 66.9 Å². The Labute approximate surface area is 131 Å². The van der Waals surface area contributed by atoms with Crippen LogP contribution in [0.1, 0.15) is 28.9 Å². The molecule has 1 amide bonds. The Morgan fingerprint density at radius 3 is 3.05 bits per heavy atom. The van der Waals surface area contributed by atoms with Crippen molar-refractivity contribution in [1.82, 2.24) is 20.6 Å². The van der Waals surface area contributed by atoms with Crippen molar-refractivity contribution in [3.8, 4) is 10.6 Å². The van der Waals surface area contributed by atoms with Crippen LogP contribution < -0.4 is 10.6 Å². The SMILES string of the molecule is O=C(NC1CC2CCC1N2)c1cnc(-c2cnccc2F)s1. The first kappa shape index (κ1) is 13.8. The molecule has 2 aromatic rings. The van der Waals surface area contributed by atoms with Gasteiger partial charge in [-0.1, -0.05) is 0 Å². The van der Waals surface area contributed by atoms with Crippen molar-refractivity contribution in [2.75, 3.05) is 0 Å². The van der Waals surface area contributed by atoms with Crippen LogP contribution in [0.3, 0.4) is 0 Å². The minimum atomic E-state index is -0.381. The number of nitrogens with zero attached hydrogens (tertiary/aromatic N) is 2. The molecule has 2 aliphatic rings. The number of amides is 1. The molecule has 2 N–H and O–H groups in total. The van der Waals surface area contributed by atoms with Crippen molar-refractivity contribution in [3.05, 3.63) is 35.4 Å². The van der Waals surface area contributed by atoms with Gasteiger partial charge in [0, 0.05) is 30.5 Å². The quantitative estimate of drug-likeness (QED) is 0.908. The number of hydrogen-bond donors (Lipinski definition) is 2. The number of thiazole rings is 1. The zero-order chi connectivity index (χ0) is 15.1. The summed E-state index contributed by atoms with van der Waals surface area (Å²) >= 11 is 1.19. The molecule has 0 aliphatic carbocycles. The van der Waals surface area contributed by atoms with Crippen molar-refractivity contribution < 1.29 is 9.18 Å². The Morgan fingerprint density at radius 1 is 1.41 bits per heavy atom. The van der Waals surface area contributed by atoms with Gasteiger partial charge in [0.05, 0.1) is 11.8 Å². The normalized spacial score (nSPS) is 26.3. The molecule has 2 saturated heterocycles. The highest BCUT2D eigenvalue weighted by Gasteiger charge is 2.39. The lowest BCUT2D eigenvalue weighted by Gasteiger charge is -2.20. The summed E-state index contributed by atoms with van der Waals surface area (Å²) in [5, 5.41) is 7.03. The number of halogens is 1. The van der Waals surface area contributed by atoms with E-state index in [9.17, 15) is 9.18 Å². The second-order valence-corrected chi connectivity index (χ2v) is 6.78. The van der Waals surface area contributed by atoms with Crippen LogP contribution >= 0.6 is 11.3 Å². The smallest absolute Gasteiger partial charge is 0.263 e. The molecule has 2 fully saturated rings. The number of pyridine rings is 1. The number of carbonyl (C=O) groups is 1. The zero-order valence-corrected chi connectivity index (χ0v) is 12.6. The fourth-order valence-corrected chi connectivity index (χ4v) is 4.09. The lowest BCUT2D eigenvalue weighted by molar-refractivity contribution is 0.0935. The lowest BCUT2D eigenvalue weighted by atomic mass is 9.95. The predicted octanol–water partition coefficient (Wildman–Crippen LogP) is 1.97. The number of hydrogen-bond acceptors (Lipinski definition) is 5. The summed E-state index contributed by atoms with van der Waals surface area (Å²) in [6.07, 6.45) is 7.62. The molecule has 3 unspecified atom stereocenters. The largest absolute Gasteiger partial charge is 0.347 e. The maximum atomic E-state index is 13.7. The molecule has 3 atom stereocenters. The van der Waals surface area contributed by atoms with E-state index in [0.29, 0.717) is 27.5 Å². The van der Waals surface area contributed by atoms with Crippen molar-refractivity contribution in [1.29, 1.82) is 0 Å².